The molecule has 2 aromatic rings. The Kier molecular flexibility index (Phi) is 3.18. The Morgan fingerprint density at radius 1 is 1.27 bits per heavy atom. The Bertz CT molecular complexity index is 467. The summed E-state index contributed by atoms with van der Waals surface area (Å²) >= 11 is 4.90. The van der Waals surface area contributed by atoms with Gasteiger partial charge in [0.05, 0.1) is 11.3 Å². The van der Waals surface area contributed by atoms with Crippen molar-refractivity contribution >= 4 is 38.9 Å². The summed E-state index contributed by atoms with van der Waals surface area (Å²) in [6, 6.07) is 9.23. The molecule has 1 aromatic heterocycles. The number of benzene rings is 1. The van der Waals surface area contributed by atoms with Gasteiger partial charge in [-0.15, -0.1) is 0 Å². The highest BCUT2D eigenvalue weighted by molar-refractivity contribution is 9.10. The van der Waals surface area contributed by atoms with E-state index in [4.69, 9.17) is 0 Å². The molecule has 2 nitrogen and oxygen atoms in total. The Morgan fingerprint density at radius 3 is 2.73 bits per heavy atom. The zero-order chi connectivity index (χ0) is 10.7. The summed E-state index contributed by atoms with van der Waals surface area (Å²) in [7, 11) is 0. The van der Waals surface area contributed by atoms with Gasteiger partial charge in [0, 0.05) is 9.85 Å². The van der Waals surface area contributed by atoms with Gasteiger partial charge in [0.1, 0.15) is 0 Å². The van der Waals surface area contributed by atoms with Gasteiger partial charge in [-0.2, -0.15) is 11.3 Å². The predicted molar refractivity (Wildman–Crippen MR) is 66.4 cm³/mol. The fraction of sp³-hybridized carbons (Fsp3) is 0. The predicted octanol–water partition coefficient (Wildman–Crippen LogP) is 3.76. The van der Waals surface area contributed by atoms with Gasteiger partial charge in [0.2, 0.25) is 0 Å². The van der Waals surface area contributed by atoms with Crippen molar-refractivity contribution in [2.75, 3.05) is 5.32 Å². The fourth-order valence-electron chi connectivity index (χ4n) is 1.18. The number of amides is 1. The van der Waals surface area contributed by atoms with Crippen LogP contribution in [0.1, 0.15) is 10.4 Å². The first-order valence-corrected chi connectivity index (χ1v) is 6.09. The third kappa shape index (κ3) is 2.46. The molecule has 0 radical (unpaired) electrons. The number of carbonyl (C=O) groups excluding carboxylic acids is 1. The van der Waals surface area contributed by atoms with Crippen LogP contribution in [-0.4, -0.2) is 5.91 Å². The molecule has 0 unspecified atom stereocenters. The summed E-state index contributed by atoms with van der Waals surface area (Å²) in [6.07, 6.45) is 0. The van der Waals surface area contributed by atoms with Crippen molar-refractivity contribution in [3.05, 3.63) is 51.1 Å². The molecule has 0 aliphatic carbocycles. The minimum atomic E-state index is -0.0964. The first-order valence-electron chi connectivity index (χ1n) is 4.35. The first kappa shape index (κ1) is 10.4. The highest BCUT2D eigenvalue weighted by atomic mass is 79.9. The van der Waals surface area contributed by atoms with Gasteiger partial charge in [0.15, 0.2) is 0 Å². The summed E-state index contributed by atoms with van der Waals surface area (Å²) in [4.78, 5) is 11.8. The van der Waals surface area contributed by atoms with Crippen LogP contribution in [0, 0.1) is 0 Å². The molecule has 1 amide bonds. The number of anilines is 1. The lowest BCUT2D eigenvalue weighted by atomic mass is 10.2. The van der Waals surface area contributed by atoms with E-state index in [-0.39, 0.29) is 5.91 Å². The van der Waals surface area contributed by atoms with Crippen LogP contribution in [0.4, 0.5) is 5.69 Å². The maximum absolute atomic E-state index is 11.8. The van der Waals surface area contributed by atoms with Crippen LogP contribution in [0.5, 0.6) is 0 Å². The number of carbonyl (C=O) groups is 1. The lowest BCUT2D eigenvalue weighted by Crippen LogP contribution is -2.11. The van der Waals surface area contributed by atoms with Crippen molar-refractivity contribution in [2.24, 2.45) is 0 Å². The van der Waals surface area contributed by atoms with Crippen molar-refractivity contribution in [3.8, 4) is 0 Å². The van der Waals surface area contributed by atoms with Crippen LogP contribution >= 0.6 is 27.3 Å². The van der Waals surface area contributed by atoms with Crippen molar-refractivity contribution in [2.45, 2.75) is 0 Å². The molecule has 1 heterocycles. The van der Waals surface area contributed by atoms with Gasteiger partial charge < -0.3 is 5.32 Å². The summed E-state index contributed by atoms with van der Waals surface area (Å²) in [5.74, 6) is -0.0964. The third-order valence-electron chi connectivity index (χ3n) is 1.90. The summed E-state index contributed by atoms with van der Waals surface area (Å²) in [6.45, 7) is 0. The Morgan fingerprint density at radius 2 is 2.07 bits per heavy atom. The molecule has 76 valence electrons. The highest BCUT2D eigenvalue weighted by Gasteiger charge is 2.08. The van der Waals surface area contributed by atoms with Crippen LogP contribution in [0.25, 0.3) is 0 Å². The number of hydrogen-bond donors (Lipinski definition) is 1. The van der Waals surface area contributed by atoms with E-state index in [1.165, 1.54) is 0 Å². The van der Waals surface area contributed by atoms with Crippen LogP contribution in [-0.2, 0) is 0 Å². The number of hydrogen-bond acceptors (Lipinski definition) is 2. The molecule has 0 aliphatic heterocycles. The molecule has 0 fully saturated rings. The molecule has 4 heteroatoms. The fourth-order valence-corrected chi connectivity index (χ4v) is 2.23. The highest BCUT2D eigenvalue weighted by Crippen LogP contribution is 2.18. The summed E-state index contributed by atoms with van der Waals surface area (Å²) < 4.78 is 0.803. The Hall–Kier alpha value is -1.13. The van der Waals surface area contributed by atoms with E-state index in [0.717, 1.165) is 10.2 Å². The van der Waals surface area contributed by atoms with Crippen molar-refractivity contribution < 1.29 is 4.79 Å². The van der Waals surface area contributed by atoms with Gasteiger partial charge in [-0.05, 0) is 39.5 Å². The first-order chi connectivity index (χ1) is 7.27. The molecular formula is C11H8BrNOS. The normalized spacial score (nSPS) is 9.93. The number of thiophene rings is 1. The minimum absolute atomic E-state index is 0.0964. The smallest absolute Gasteiger partial charge is 0.256 e. The second-order valence-electron chi connectivity index (χ2n) is 2.95. The van der Waals surface area contributed by atoms with Crippen LogP contribution in [0.3, 0.4) is 0 Å². The number of rotatable bonds is 2. The quantitative estimate of drug-likeness (QED) is 0.892. The van der Waals surface area contributed by atoms with Crippen molar-refractivity contribution in [3.63, 3.8) is 0 Å². The molecule has 0 atom stereocenters. The average Bonchev–Trinajstić information content (AvgIpc) is 2.71. The van der Waals surface area contributed by atoms with E-state index in [1.54, 1.807) is 17.4 Å². The average molecular weight is 282 g/mol. The van der Waals surface area contributed by atoms with E-state index in [9.17, 15) is 4.79 Å². The van der Waals surface area contributed by atoms with E-state index in [0.29, 0.717) is 5.56 Å². The topological polar surface area (TPSA) is 29.1 Å². The van der Waals surface area contributed by atoms with E-state index in [1.807, 2.05) is 35.0 Å². The summed E-state index contributed by atoms with van der Waals surface area (Å²) in [5.41, 5.74) is 1.48. The lowest BCUT2D eigenvalue weighted by Gasteiger charge is -2.04. The molecule has 2 rings (SSSR count). The van der Waals surface area contributed by atoms with Crippen LogP contribution in [0.2, 0.25) is 0 Å². The standard InChI is InChI=1S/C11H8BrNOS/c12-10-4-2-1-3-9(10)11(14)13-8-5-6-15-7-8/h1-7H,(H,13,14). The van der Waals surface area contributed by atoms with Crippen molar-refractivity contribution in [1.82, 2.24) is 0 Å². The molecular weight excluding hydrogens is 274 g/mol. The molecule has 1 aromatic carbocycles. The van der Waals surface area contributed by atoms with Gasteiger partial charge >= 0.3 is 0 Å². The van der Waals surface area contributed by atoms with E-state index >= 15 is 0 Å². The second-order valence-corrected chi connectivity index (χ2v) is 4.58. The molecule has 0 saturated heterocycles. The van der Waals surface area contributed by atoms with Crippen molar-refractivity contribution in [1.29, 1.82) is 0 Å². The molecule has 0 spiro atoms. The molecule has 0 aliphatic rings. The number of nitrogens with one attached hydrogen (secondary N) is 1. The van der Waals surface area contributed by atoms with Gasteiger partial charge in [-0.25, -0.2) is 0 Å². The van der Waals surface area contributed by atoms with Gasteiger partial charge in [-0.3, -0.25) is 4.79 Å². The SMILES string of the molecule is O=C(Nc1ccsc1)c1ccccc1Br. The third-order valence-corrected chi connectivity index (χ3v) is 3.27. The zero-order valence-electron chi connectivity index (χ0n) is 7.74. The second kappa shape index (κ2) is 4.59. The van der Waals surface area contributed by atoms with Crippen LogP contribution < -0.4 is 5.32 Å². The Labute approximate surface area is 100 Å². The zero-order valence-corrected chi connectivity index (χ0v) is 10.1. The molecule has 0 bridgehead atoms. The monoisotopic (exact) mass is 281 g/mol. The van der Waals surface area contributed by atoms with E-state index < -0.39 is 0 Å². The maximum Gasteiger partial charge on any atom is 0.256 e. The molecule has 15 heavy (non-hydrogen) atoms. The van der Waals surface area contributed by atoms with E-state index in [2.05, 4.69) is 21.2 Å². The number of halogens is 1. The van der Waals surface area contributed by atoms with Gasteiger partial charge in [0.25, 0.3) is 5.91 Å². The summed E-state index contributed by atoms with van der Waals surface area (Å²) in [5, 5.41) is 6.64. The van der Waals surface area contributed by atoms with Gasteiger partial charge in [-0.1, -0.05) is 12.1 Å². The lowest BCUT2D eigenvalue weighted by molar-refractivity contribution is 0.102. The van der Waals surface area contributed by atoms with Crippen LogP contribution in [0.15, 0.2) is 45.6 Å². The molecule has 0 saturated carbocycles. The minimum Gasteiger partial charge on any atom is -0.321 e. The Balaban J connectivity index is 2.19. The maximum atomic E-state index is 11.8. The largest absolute Gasteiger partial charge is 0.321 e. The molecule has 1 N–H and O–H groups in total.